The molecular weight excluding hydrogens is 709 g/mol. The van der Waals surface area contributed by atoms with Crippen LogP contribution in [0.1, 0.15) is 0 Å². The van der Waals surface area contributed by atoms with Crippen LogP contribution in [0, 0.1) is 0 Å². The van der Waals surface area contributed by atoms with Gasteiger partial charge in [-0.2, -0.15) is 0 Å². The molecule has 0 amide bonds. The number of benzene rings is 9. The van der Waals surface area contributed by atoms with Crippen molar-refractivity contribution in [1.82, 2.24) is 9.13 Å². The number of thiophene rings is 1. The van der Waals surface area contributed by atoms with Crippen molar-refractivity contribution in [2.45, 2.75) is 0 Å². The average molecular weight is 743 g/mol. The predicted molar refractivity (Wildman–Crippen MR) is 244 cm³/mol. The van der Waals surface area contributed by atoms with Crippen molar-refractivity contribution < 1.29 is 0 Å². The second-order valence-electron chi connectivity index (χ2n) is 14.9. The standard InChI is InChI=1S/C54H34N2S/c1-2-12-39(13-3-1)55-49-21-7-4-14-43(49)45-33-30-38(34-51(45)55)41-17-10-19-47-44-15-5-8-22-50(44)56(53(41)47)40-31-28-36(29-32-40)35-24-26-37(27-25-35)42-18-11-20-48-46-16-6-9-23-52(46)57-54(42)48/h1-34H. The van der Waals surface area contributed by atoms with Crippen LogP contribution < -0.4 is 0 Å². The van der Waals surface area contributed by atoms with E-state index in [1.54, 1.807) is 0 Å². The first kappa shape index (κ1) is 32.1. The molecule has 0 atom stereocenters. The largest absolute Gasteiger partial charge is 0.309 e. The van der Waals surface area contributed by atoms with E-state index >= 15 is 0 Å². The molecule has 0 bridgehead atoms. The minimum absolute atomic E-state index is 1.14. The summed E-state index contributed by atoms with van der Waals surface area (Å²) in [7, 11) is 0. The van der Waals surface area contributed by atoms with Gasteiger partial charge in [0.25, 0.3) is 0 Å². The van der Waals surface area contributed by atoms with Gasteiger partial charge in [0.05, 0.1) is 22.1 Å². The molecule has 2 nitrogen and oxygen atoms in total. The van der Waals surface area contributed by atoms with Crippen LogP contribution >= 0.6 is 11.3 Å². The molecule has 12 aromatic rings. The lowest BCUT2D eigenvalue weighted by molar-refractivity contribution is 1.18. The van der Waals surface area contributed by atoms with Crippen LogP contribution in [-0.4, -0.2) is 9.13 Å². The Morgan fingerprint density at radius 2 is 0.825 bits per heavy atom. The lowest BCUT2D eigenvalue weighted by atomic mass is 9.99. The summed E-state index contributed by atoms with van der Waals surface area (Å²) in [6.45, 7) is 0. The molecule has 0 spiro atoms. The number of para-hydroxylation sites is 4. The van der Waals surface area contributed by atoms with Crippen molar-refractivity contribution >= 4 is 75.1 Å². The topological polar surface area (TPSA) is 9.86 Å². The van der Waals surface area contributed by atoms with Gasteiger partial charge in [-0.3, -0.25) is 0 Å². The van der Waals surface area contributed by atoms with E-state index in [2.05, 4.69) is 215 Å². The van der Waals surface area contributed by atoms with Crippen LogP contribution in [0.5, 0.6) is 0 Å². The van der Waals surface area contributed by atoms with Crippen LogP contribution in [0.3, 0.4) is 0 Å². The van der Waals surface area contributed by atoms with Gasteiger partial charge in [-0.25, -0.2) is 0 Å². The molecule has 0 saturated heterocycles. The molecule has 0 radical (unpaired) electrons. The number of hydrogen-bond donors (Lipinski definition) is 0. The molecule has 0 aliphatic rings. The van der Waals surface area contributed by atoms with Crippen molar-refractivity contribution in [2.24, 2.45) is 0 Å². The molecule has 3 aromatic heterocycles. The van der Waals surface area contributed by atoms with Crippen molar-refractivity contribution in [3.05, 3.63) is 206 Å². The van der Waals surface area contributed by atoms with E-state index in [1.165, 1.54) is 97.2 Å². The van der Waals surface area contributed by atoms with Gasteiger partial charge in [-0.15, -0.1) is 11.3 Å². The SMILES string of the molecule is c1ccc(-n2c3ccccc3c3ccc(-c4cccc5c6ccccc6n(-c6ccc(-c7ccc(-c8cccc9c8sc8ccccc89)cc7)cc6)c45)cc32)cc1. The summed E-state index contributed by atoms with van der Waals surface area (Å²) in [6.07, 6.45) is 0. The normalized spacial score (nSPS) is 11.9. The van der Waals surface area contributed by atoms with Crippen LogP contribution in [-0.2, 0) is 0 Å². The molecule has 266 valence electrons. The Hall–Kier alpha value is -7.20. The number of aromatic nitrogens is 2. The third kappa shape index (κ3) is 4.96. The Morgan fingerprint density at radius 1 is 0.298 bits per heavy atom. The molecule has 9 aromatic carbocycles. The second-order valence-corrected chi connectivity index (χ2v) is 15.9. The van der Waals surface area contributed by atoms with Crippen LogP contribution in [0.2, 0.25) is 0 Å². The number of rotatable bonds is 5. The fourth-order valence-electron chi connectivity index (χ4n) is 9.13. The molecule has 0 N–H and O–H groups in total. The maximum absolute atomic E-state index is 2.45. The first-order valence-electron chi connectivity index (χ1n) is 19.5. The van der Waals surface area contributed by atoms with E-state index in [1.807, 2.05) is 11.3 Å². The molecule has 0 unspecified atom stereocenters. The highest BCUT2D eigenvalue weighted by molar-refractivity contribution is 7.26. The Morgan fingerprint density at radius 3 is 1.60 bits per heavy atom. The smallest absolute Gasteiger partial charge is 0.0619 e. The Kier molecular flexibility index (Phi) is 7.13. The lowest BCUT2D eigenvalue weighted by Gasteiger charge is -2.13. The zero-order valence-electron chi connectivity index (χ0n) is 30.9. The van der Waals surface area contributed by atoms with E-state index in [0.29, 0.717) is 0 Å². The Labute approximate surface area is 333 Å². The van der Waals surface area contributed by atoms with Gasteiger partial charge in [-0.05, 0) is 76.3 Å². The summed E-state index contributed by atoms with van der Waals surface area (Å²) in [6, 6.07) is 75.6. The monoisotopic (exact) mass is 742 g/mol. The molecule has 3 heteroatoms. The Bertz CT molecular complexity index is 3490. The minimum atomic E-state index is 1.14. The first-order chi connectivity index (χ1) is 28.3. The fourth-order valence-corrected chi connectivity index (χ4v) is 10.4. The summed E-state index contributed by atoms with van der Waals surface area (Å²) < 4.78 is 7.54. The van der Waals surface area contributed by atoms with Gasteiger partial charge in [0.2, 0.25) is 0 Å². The first-order valence-corrected chi connectivity index (χ1v) is 20.3. The second kappa shape index (κ2) is 12.7. The average Bonchev–Trinajstić information content (AvgIpc) is 3.94. The van der Waals surface area contributed by atoms with E-state index in [9.17, 15) is 0 Å². The predicted octanol–water partition coefficient (Wildman–Crippen LogP) is 15.2. The zero-order valence-corrected chi connectivity index (χ0v) is 31.7. The third-order valence-corrected chi connectivity index (χ3v) is 13.0. The molecule has 0 aliphatic carbocycles. The van der Waals surface area contributed by atoms with Crippen molar-refractivity contribution in [3.63, 3.8) is 0 Å². The third-order valence-electron chi connectivity index (χ3n) is 11.8. The van der Waals surface area contributed by atoms with Gasteiger partial charge in [0, 0.05) is 58.7 Å². The number of hydrogen-bond acceptors (Lipinski definition) is 1. The molecule has 57 heavy (non-hydrogen) atoms. The van der Waals surface area contributed by atoms with Gasteiger partial charge in [0.1, 0.15) is 0 Å². The molecule has 12 rings (SSSR count). The van der Waals surface area contributed by atoms with Crippen LogP contribution in [0.4, 0.5) is 0 Å². The highest BCUT2D eigenvalue weighted by Crippen LogP contribution is 2.42. The van der Waals surface area contributed by atoms with E-state index in [0.717, 1.165) is 11.4 Å². The van der Waals surface area contributed by atoms with Gasteiger partial charge in [0.15, 0.2) is 0 Å². The van der Waals surface area contributed by atoms with Gasteiger partial charge >= 0.3 is 0 Å². The number of fused-ring (bicyclic) bond motifs is 9. The van der Waals surface area contributed by atoms with Crippen molar-refractivity contribution in [2.75, 3.05) is 0 Å². The summed E-state index contributed by atoms with van der Waals surface area (Å²) in [4.78, 5) is 0. The summed E-state index contributed by atoms with van der Waals surface area (Å²) >= 11 is 1.88. The fraction of sp³-hybridized carbons (Fsp3) is 0. The highest BCUT2D eigenvalue weighted by atomic mass is 32.1. The molecule has 3 heterocycles. The van der Waals surface area contributed by atoms with E-state index < -0.39 is 0 Å². The quantitative estimate of drug-likeness (QED) is 0.166. The summed E-state index contributed by atoms with van der Waals surface area (Å²) in [5.74, 6) is 0. The maximum atomic E-state index is 2.45. The molecular formula is C54H34N2S. The molecule has 0 fully saturated rings. The van der Waals surface area contributed by atoms with Crippen molar-refractivity contribution in [1.29, 1.82) is 0 Å². The van der Waals surface area contributed by atoms with Gasteiger partial charge in [-0.1, -0.05) is 158 Å². The van der Waals surface area contributed by atoms with Gasteiger partial charge < -0.3 is 9.13 Å². The molecule has 0 aliphatic heterocycles. The van der Waals surface area contributed by atoms with Crippen molar-refractivity contribution in [3.8, 4) is 44.8 Å². The highest BCUT2D eigenvalue weighted by Gasteiger charge is 2.19. The summed E-state index contributed by atoms with van der Waals surface area (Å²) in [5.41, 5.74) is 14.5. The zero-order chi connectivity index (χ0) is 37.5. The summed E-state index contributed by atoms with van der Waals surface area (Å²) in [5, 5.41) is 7.68. The van der Waals surface area contributed by atoms with E-state index in [-0.39, 0.29) is 0 Å². The Balaban J connectivity index is 0.971. The van der Waals surface area contributed by atoms with Crippen LogP contribution in [0.15, 0.2) is 206 Å². The van der Waals surface area contributed by atoms with Crippen LogP contribution in [0.25, 0.3) is 109 Å². The van der Waals surface area contributed by atoms with E-state index in [4.69, 9.17) is 0 Å². The lowest BCUT2D eigenvalue weighted by Crippen LogP contribution is -1.96. The minimum Gasteiger partial charge on any atom is -0.309 e. The maximum Gasteiger partial charge on any atom is 0.0619 e. The number of nitrogens with zero attached hydrogens (tertiary/aromatic N) is 2. The molecule has 0 saturated carbocycles.